The van der Waals surface area contributed by atoms with Crippen molar-refractivity contribution in [3.8, 4) is 5.88 Å². The fourth-order valence-corrected chi connectivity index (χ4v) is 2.93. The number of hydrogen-bond acceptors (Lipinski definition) is 5. The molecule has 3 heterocycles. The summed E-state index contributed by atoms with van der Waals surface area (Å²) < 4.78 is 44.4. The summed E-state index contributed by atoms with van der Waals surface area (Å²) in [6.45, 7) is 3.59. The number of rotatable bonds is 4. The van der Waals surface area contributed by atoms with Gasteiger partial charge in [-0.1, -0.05) is 0 Å². The quantitative estimate of drug-likeness (QED) is 0.843. The summed E-state index contributed by atoms with van der Waals surface area (Å²) in [5, 5.41) is 0. The highest BCUT2D eigenvalue weighted by Crippen LogP contribution is 2.35. The molecule has 0 amide bonds. The number of piperidine rings is 1. The molecule has 1 aliphatic heterocycles. The van der Waals surface area contributed by atoms with Gasteiger partial charge in [0, 0.05) is 31.4 Å². The minimum atomic E-state index is -4.47. The SMILES string of the molecule is Cc1cncc(N2CCCC(COc3ncccc3C(F)(F)F)C2)n1. The van der Waals surface area contributed by atoms with Gasteiger partial charge in [0.1, 0.15) is 11.4 Å². The fraction of sp³-hybridized carbons (Fsp3) is 0.471. The third-order valence-electron chi connectivity index (χ3n) is 4.12. The van der Waals surface area contributed by atoms with Gasteiger partial charge in [0.2, 0.25) is 5.88 Å². The molecular formula is C17H19F3N4O. The first-order valence-electron chi connectivity index (χ1n) is 8.12. The van der Waals surface area contributed by atoms with E-state index in [4.69, 9.17) is 4.74 Å². The fourth-order valence-electron chi connectivity index (χ4n) is 2.93. The van der Waals surface area contributed by atoms with Crippen LogP contribution in [0.3, 0.4) is 0 Å². The van der Waals surface area contributed by atoms with E-state index in [2.05, 4.69) is 19.9 Å². The highest BCUT2D eigenvalue weighted by molar-refractivity contribution is 5.37. The summed E-state index contributed by atoms with van der Waals surface area (Å²) in [6.07, 6.45) is 2.05. The van der Waals surface area contributed by atoms with Gasteiger partial charge in [0.25, 0.3) is 0 Å². The molecular weight excluding hydrogens is 333 g/mol. The van der Waals surface area contributed by atoms with Crippen LogP contribution in [-0.4, -0.2) is 34.6 Å². The Morgan fingerprint density at radius 2 is 2.16 bits per heavy atom. The number of aryl methyl sites for hydroxylation is 1. The first-order chi connectivity index (χ1) is 11.9. The Morgan fingerprint density at radius 1 is 1.32 bits per heavy atom. The zero-order valence-electron chi connectivity index (χ0n) is 13.8. The van der Waals surface area contributed by atoms with Crippen LogP contribution in [-0.2, 0) is 6.18 Å². The van der Waals surface area contributed by atoms with E-state index in [0.717, 1.165) is 37.0 Å². The highest BCUT2D eigenvalue weighted by atomic mass is 19.4. The molecule has 1 atom stereocenters. The number of anilines is 1. The zero-order valence-corrected chi connectivity index (χ0v) is 13.8. The van der Waals surface area contributed by atoms with E-state index in [1.165, 1.54) is 12.3 Å². The lowest BCUT2D eigenvalue weighted by Gasteiger charge is -2.33. The van der Waals surface area contributed by atoms with Crippen molar-refractivity contribution in [1.29, 1.82) is 0 Å². The molecule has 5 nitrogen and oxygen atoms in total. The molecule has 134 valence electrons. The molecule has 1 saturated heterocycles. The number of ether oxygens (including phenoxy) is 1. The zero-order chi connectivity index (χ0) is 17.9. The Bertz CT molecular complexity index is 723. The summed E-state index contributed by atoms with van der Waals surface area (Å²) in [5.74, 6) is 0.542. The molecule has 0 saturated carbocycles. The van der Waals surface area contributed by atoms with Crippen LogP contribution in [0, 0.1) is 12.8 Å². The van der Waals surface area contributed by atoms with Gasteiger partial charge in [0.05, 0.1) is 18.5 Å². The Kier molecular flexibility index (Phi) is 5.06. The van der Waals surface area contributed by atoms with E-state index in [-0.39, 0.29) is 18.4 Å². The third-order valence-corrected chi connectivity index (χ3v) is 4.12. The van der Waals surface area contributed by atoms with Crippen LogP contribution in [0.2, 0.25) is 0 Å². The molecule has 0 spiro atoms. The van der Waals surface area contributed by atoms with Gasteiger partial charge >= 0.3 is 6.18 Å². The van der Waals surface area contributed by atoms with Crippen molar-refractivity contribution in [2.75, 3.05) is 24.6 Å². The van der Waals surface area contributed by atoms with Crippen LogP contribution >= 0.6 is 0 Å². The van der Waals surface area contributed by atoms with Gasteiger partial charge in [0.15, 0.2) is 0 Å². The van der Waals surface area contributed by atoms with Crippen LogP contribution in [0.4, 0.5) is 19.0 Å². The first kappa shape index (κ1) is 17.4. The first-order valence-corrected chi connectivity index (χ1v) is 8.12. The summed E-state index contributed by atoms with van der Waals surface area (Å²) in [6, 6.07) is 2.24. The smallest absolute Gasteiger partial charge is 0.421 e. The average molecular weight is 352 g/mol. The van der Waals surface area contributed by atoms with Crippen LogP contribution in [0.1, 0.15) is 24.1 Å². The summed E-state index contributed by atoms with van der Waals surface area (Å²) >= 11 is 0. The normalized spacial score (nSPS) is 18.2. The monoisotopic (exact) mass is 352 g/mol. The standard InChI is InChI=1S/C17H19F3N4O/c1-12-8-21-9-15(23-12)24-7-3-4-13(10-24)11-25-16-14(17(18,19)20)5-2-6-22-16/h2,5-6,8-9,13H,3-4,7,10-11H2,1H3. The molecule has 3 rings (SSSR count). The van der Waals surface area contributed by atoms with Crippen molar-refractivity contribution in [1.82, 2.24) is 15.0 Å². The van der Waals surface area contributed by atoms with Crippen molar-refractivity contribution in [2.45, 2.75) is 25.9 Å². The van der Waals surface area contributed by atoms with Crippen molar-refractivity contribution in [2.24, 2.45) is 5.92 Å². The maximum atomic E-state index is 13.0. The van der Waals surface area contributed by atoms with Crippen molar-refractivity contribution >= 4 is 5.82 Å². The minimum absolute atomic E-state index is 0.110. The Hall–Kier alpha value is -2.38. The average Bonchev–Trinajstić information content (AvgIpc) is 2.60. The van der Waals surface area contributed by atoms with Crippen LogP contribution in [0.15, 0.2) is 30.7 Å². The third kappa shape index (κ3) is 4.37. The highest BCUT2D eigenvalue weighted by Gasteiger charge is 2.35. The number of pyridine rings is 1. The molecule has 0 radical (unpaired) electrons. The van der Waals surface area contributed by atoms with Gasteiger partial charge in [-0.05, 0) is 31.9 Å². The van der Waals surface area contributed by atoms with Gasteiger partial charge < -0.3 is 9.64 Å². The van der Waals surface area contributed by atoms with E-state index >= 15 is 0 Å². The Balaban J connectivity index is 1.64. The predicted molar refractivity (Wildman–Crippen MR) is 86.4 cm³/mol. The lowest BCUT2D eigenvalue weighted by Crippen LogP contribution is -2.38. The molecule has 25 heavy (non-hydrogen) atoms. The van der Waals surface area contributed by atoms with E-state index in [1.54, 1.807) is 12.4 Å². The molecule has 1 aliphatic rings. The topological polar surface area (TPSA) is 51.1 Å². The van der Waals surface area contributed by atoms with Crippen LogP contribution in [0.25, 0.3) is 0 Å². The number of nitrogens with zero attached hydrogens (tertiary/aromatic N) is 4. The molecule has 0 aromatic carbocycles. The maximum Gasteiger partial charge on any atom is 0.421 e. The molecule has 2 aromatic rings. The summed E-state index contributed by atoms with van der Waals surface area (Å²) in [5.41, 5.74) is -0.00797. The summed E-state index contributed by atoms with van der Waals surface area (Å²) in [4.78, 5) is 14.4. The van der Waals surface area contributed by atoms with Crippen molar-refractivity contribution in [3.05, 3.63) is 42.0 Å². The molecule has 8 heteroatoms. The summed E-state index contributed by atoms with van der Waals surface area (Å²) in [7, 11) is 0. The number of alkyl halides is 3. The van der Waals surface area contributed by atoms with E-state index < -0.39 is 11.7 Å². The second-order valence-corrected chi connectivity index (χ2v) is 6.14. The molecule has 1 fully saturated rings. The Labute approximate surface area is 143 Å². The molecule has 2 aromatic heterocycles. The number of hydrogen-bond donors (Lipinski definition) is 0. The Morgan fingerprint density at radius 3 is 2.92 bits per heavy atom. The van der Waals surface area contributed by atoms with Gasteiger partial charge in [-0.25, -0.2) is 9.97 Å². The van der Waals surface area contributed by atoms with Crippen molar-refractivity contribution < 1.29 is 17.9 Å². The molecule has 0 N–H and O–H groups in total. The number of aromatic nitrogens is 3. The van der Waals surface area contributed by atoms with Crippen molar-refractivity contribution in [3.63, 3.8) is 0 Å². The van der Waals surface area contributed by atoms with Crippen LogP contribution < -0.4 is 9.64 Å². The van der Waals surface area contributed by atoms with Gasteiger partial charge in [-0.3, -0.25) is 4.98 Å². The lowest BCUT2D eigenvalue weighted by atomic mass is 9.99. The van der Waals surface area contributed by atoms with E-state index in [0.29, 0.717) is 6.54 Å². The predicted octanol–water partition coefficient (Wildman–Crippen LogP) is 3.49. The van der Waals surface area contributed by atoms with Gasteiger partial charge in [-0.2, -0.15) is 13.2 Å². The molecule has 1 unspecified atom stereocenters. The molecule has 0 aliphatic carbocycles. The largest absolute Gasteiger partial charge is 0.477 e. The second kappa shape index (κ2) is 7.25. The maximum absolute atomic E-state index is 13.0. The van der Waals surface area contributed by atoms with E-state index in [1.807, 2.05) is 6.92 Å². The van der Waals surface area contributed by atoms with Crippen LogP contribution in [0.5, 0.6) is 5.88 Å². The lowest BCUT2D eigenvalue weighted by molar-refractivity contribution is -0.139. The minimum Gasteiger partial charge on any atom is -0.477 e. The molecule has 0 bridgehead atoms. The number of halogens is 3. The van der Waals surface area contributed by atoms with E-state index in [9.17, 15) is 13.2 Å². The van der Waals surface area contributed by atoms with Gasteiger partial charge in [-0.15, -0.1) is 0 Å². The second-order valence-electron chi connectivity index (χ2n) is 6.14.